The van der Waals surface area contributed by atoms with Gasteiger partial charge >= 0.3 is 0 Å². The Morgan fingerprint density at radius 3 is 2.73 bits per heavy atom. The van der Waals surface area contributed by atoms with Crippen LogP contribution in [0.5, 0.6) is 5.75 Å². The van der Waals surface area contributed by atoms with Gasteiger partial charge in [-0.15, -0.1) is 15.3 Å². The Hall–Kier alpha value is -3.48. The molecule has 2 aliphatic rings. The van der Waals surface area contributed by atoms with Crippen molar-refractivity contribution in [2.75, 3.05) is 18.0 Å². The second-order valence-corrected chi connectivity index (χ2v) is 8.26. The molecule has 1 saturated heterocycles. The first-order chi connectivity index (χ1) is 14.6. The summed E-state index contributed by atoms with van der Waals surface area (Å²) in [5.74, 6) is 2.48. The molecule has 1 unspecified atom stereocenters. The highest BCUT2D eigenvalue weighted by Gasteiger charge is 2.44. The van der Waals surface area contributed by atoms with E-state index in [-0.39, 0.29) is 5.78 Å². The second-order valence-electron chi connectivity index (χ2n) is 8.26. The number of piperidine rings is 1. The summed E-state index contributed by atoms with van der Waals surface area (Å²) in [7, 11) is 0. The number of nitrogens with zero attached hydrogens (tertiary/aromatic N) is 5. The molecule has 0 N–H and O–H groups in total. The van der Waals surface area contributed by atoms with E-state index < -0.39 is 5.60 Å². The summed E-state index contributed by atoms with van der Waals surface area (Å²) in [5, 5.41) is 15.5. The summed E-state index contributed by atoms with van der Waals surface area (Å²) in [4.78, 5) is 15.1. The van der Waals surface area contributed by atoms with Crippen molar-refractivity contribution < 1.29 is 9.53 Å². The Balaban J connectivity index is 1.45. The number of Topliss-reactive ketones (excluding diaryl/α,β-unsaturated/α-hetero) is 1. The first kappa shape index (κ1) is 17.4. The molecule has 7 nitrogen and oxygen atoms in total. The normalized spacial score (nSPS) is 21.2. The van der Waals surface area contributed by atoms with Crippen LogP contribution in [0.25, 0.3) is 16.4 Å². The third-order valence-corrected chi connectivity index (χ3v) is 6.24. The molecular formula is C23H21N5O2. The number of hydrogen-bond donors (Lipinski definition) is 0. The Labute approximate surface area is 173 Å². The van der Waals surface area contributed by atoms with Gasteiger partial charge in [0.1, 0.15) is 11.4 Å². The van der Waals surface area contributed by atoms with E-state index in [0.717, 1.165) is 47.4 Å². The predicted octanol–water partition coefficient (Wildman–Crippen LogP) is 3.59. The highest BCUT2D eigenvalue weighted by Crippen LogP contribution is 2.40. The van der Waals surface area contributed by atoms with Gasteiger partial charge in [-0.05, 0) is 31.9 Å². The van der Waals surface area contributed by atoms with Gasteiger partial charge in [0.05, 0.1) is 18.5 Å². The monoisotopic (exact) mass is 399 g/mol. The number of ether oxygens (including phenoxy) is 1. The zero-order valence-electron chi connectivity index (χ0n) is 16.7. The Morgan fingerprint density at radius 2 is 1.83 bits per heavy atom. The van der Waals surface area contributed by atoms with Gasteiger partial charge < -0.3 is 9.64 Å². The molecule has 6 rings (SSSR count). The molecular weight excluding hydrogens is 378 g/mol. The van der Waals surface area contributed by atoms with Crippen molar-refractivity contribution in [3.63, 3.8) is 0 Å². The number of aryl methyl sites for hydroxylation is 1. The van der Waals surface area contributed by atoms with Gasteiger partial charge in [-0.25, -0.2) is 0 Å². The number of rotatable bonds is 1. The summed E-state index contributed by atoms with van der Waals surface area (Å²) in [6, 6.07) is 15.7. The number of anilines is 1. The van der Waals surface area contributed by atoms with Gasteiger partial charge in [-0.3, -0.25) is 4.79 Å². The van der Waals surface area contributed by atoms with Crippen molar-refractivity contribution in [2.24, 2.45) is 0 Å². The van der Waals surface area contributed by atoms with Crippen LogP contribution < -0.4 is 9.64 Å². The number of fused-ring (bicyclic) bond motifs is 4. The first-order valence-corrected chi connectivity index (χ1v) is 10.3. The molecule has 1 fully saturated rings. The molecule has 2 aromatic carbocycles. The van der Waals surface area contributed by atoms with Crippen molar-refractivity contribution in [1.29, 1.82) is 0 Å². The Kier molecular flexibility index (Phi) is 3.63. The zero-order chi connectivity index (χ0) is 20.3. The van der Waals surface area contributed by atoms with Gasteiger partial charge in [0.25, 0.3) is 0 Å². The lowest BCUT2D eigenvalue weighted by molar-refractivity contribution is 0.0303. The third-order valence-electron chi connectivity index (χ3n) is 6.24. The minimum atomic E-state index is -0.524. The number of carbonyl (C=O) groups is 1. The number of aromatic nitrogens is 4. The first-order valence-electron chi connectivity index (χ1n) is 10.3. The average Bonchev–Trinajstić information content (AvgIpc) is 3.14. The Bertz CT molecular complexity index is 1310. The maximum atomic E-state index is 12.9. The van der Waals surface area contributed by atoms with Crippen molar-refractivity contribution in [3.05, 3.63) is 59.9 Å². The van der Waals surface area contributed by atoms with Gasteiger partial charge in [-0.1, -0.05) is 36.4 Å². The summed E-state index contributed by atoms with van der Waals surface area (Å²) in [5.41, 5.74) is 0.922. The van der Waals surface area contributed by atoms with Crippen LogP contribution in [0.1, 0.15) is 35.4 Å². The summed E-state index contributed by atoms with van der Waals surface area (Å²) in [6.07, 6.45) is 2.19. The van der Waals surface area contributed by atoms with Gasteiger partial charge in [-0.2, -0.15) is 4.52 Å². The van der Waals surface area contributed by atoms with E-state index in [1.54, 1.807) is 4.52 Å². The topological polar surface area (TPSA) is 72.6 Å². The number of ketones is 1. The summed E-state index contributed by atoms with van der Waals surface area (Å²) < 4.78 is 8.28. The smallest absolute Gasteiger partial charge is 0.185 e. The second kappa shape index (κ2) is 6.26. The molecule has 0 bridgehead atoms. The van der Waals surface area contributed by atoms with Crippen LogP contribution in [-0.4, -0.2) is 44.3 Å². The molecule has 1 spiro atoms. The third kappa shape index (κ3) is 2.51. The van der Waals surface area contributed by atoms with Crippen LogP contribution in [0.4, 0.5) is 5.82 Å². The minimum absolute atomic E-state index is 0.154. The molecule has 1 atom stereocenters. The number of para-hydroxylation sites is 1. The largest absolute Gasteiger partial charge is 0.484 e. The molecule has 0 aliphatic carbocycles. The van der Waals surface area contributed by atoms with E-state index in [0.29, 0.717) is 24.3 Å². The van der Waals surface area contributed by atoms with E-state index in [1.807, 2.05) is 43.3 Å². The van der Waals surface area contributed by atoms with E-state index in [2.05, 4.69) is 27.2 Å². The minimum Gasteiger partial charge on any atom is -0.484 e. The quantitative estimate of drug-likeness (QED) is 0.487. The maximum absolute atomic E-state index is 12.9. The lowest BCUT2D eigenvalue weighted by Gasteiger charge is -2.45. The molecule has 150 valence electrons. The van der Waals surface area contributed by atoms with Crippen LogP contribution in [-0.2, 0) is 0 Å². The molecule has 2 aromatic heterocycles. The molecule has 30 heavy (non-hydrogen) atoms. The zero-order valence-corrected chi connectivity index (χ0v) is 16.7. The molecule has 0 radical (unpaired) electrons. The SMILES string of the molecule is Cc1nnc2c3ccccc3c(N3CCCC4(CC(=O)c5ccccc5O4)C3)nn12. The lowest BCUT2D eigenvalue weighted by atomic mass is 9.83. The molecule has 0 saturated carbocycles. The van der Waals surface area contributed by atoms with Crippen molar-refractivity contribution in [2.45, 2.75) is 31.8 Å². The molecule has 0 amide bonds. The number of hydrogen-bond acceptors (Lipinski definition) is 6. The van der Waals surface area contributed by atoms with E-state index in [9.17, 15) is 4.79 Å². The molecule has 4 heterocycles. The Morgan fingerprint density at radius 1 is 1.03 bits per heavy atom. The van der Waals surface area contributed by atoms with Crippen molar-refractivity contribution in [1.82, 2.24) is 19.8 Å². The standard InChI is InChI=1S/C23H21N5O2/c1-15-24-25-21-16-7-2-3-8-17(16)22(26-28(15)21)27-12-6-11-23(14-27)13-19(29)18-9-4-5-10-20(18)30-23/h2-5,7-10H,6,11-14H2,1H3. The number of carbonyl (C=O) groups excluding carboxylic acids is 1. The molecule has 2 aliphatic heterocycles. The van der Waals surface area contributed by atoms with E-state index in [1.165, 1.54) is 0 Å². The van der Waals surface area contributed by atoms with Gasteiger partial charge in [0.2, 0.25) is 0 Å². The highest BCUT2D eigenvalue weighted by molar-refractivity contribution is 6.01. The van der Waals surface area contributed by atoms with Crippen LogP contribution in [0.15, 0.2) is 48.5 Å². The van der Waals surface area contributed by atoms with Crippen molar-refractivity contribution in [3.8, 4) is 5.75 Å². The average molecular weight is 399 g/mol. The van der Waals surface area contributed by atoms with Crippen molar-refractivity contribution >= 4 is 28.0 Å². The summed E-state index contributed by atoms with van der Waals surface area (Å²) >= 11 is 0. The molecule has 4 aromatic rings. The van der Waals surface area contributed by atoms with Crippen LogP contribution >= 0.6 is 0 Å². The predicted molar refractivity (Wildman–Crippen MR) is 113 cm³/mol. The van der Waals surface area contributed by atoms with Gasteiger partial charge in [0.15, 0.2) is 23.1 Å². The lowest BCUT2D eigenvalue weighted by Crippen LogP contribution is -2.55. The number of benzene rings is 2. The van der Waals surface area contributed by atoms with E-state index in [4.69, 9.17) is 9.84 Å². The van der Waals surface area contributed by atoms with Crippen LogP contribution in [0, 0.1) is 6.92 Å². The van der Waals surface area contributed by atoms with Crippen LogP contribution in [0.3, 0.4) is 0 Å². The summed E-state index contributed by atoms with van der Waals surface area (Å²) in [6.45, 7) is 3.39. The van der Waals surface area contributed by atoms with Crippen LogP contribution in [0.2, 0.25) is 0 Å². The van der Waals surface area contributed by atoms with Gasteiger partial charge in [0, 0.05) is 17.3 Å². The van der Waals surface area contributed by atoms with E-state index >= 15 is 0 Å². The molecule has 7 heteroatoms. The maximum Gasteiger partial charge on any atom is 0.185 e. The highest BCUT2D eigenvalue weighted by atomic mass is 16.5. The fraction of sp³-hybridized carbons (Fsp3) is 0.304. The fourth-order valence-corrected chi connectivity index (χ4v) is 4.85. The fourth-order valence-electron chi connectivity index (χ4n) is 4.85.